The van der Waals surface area contributed by atoms with Gasteiger partial charge in [0.1, 0.15) is 0 Å². The van der Waals surface area contributed by atoms with Gasteiger partial charge in [-0.25, -0.2) is 0 Å². The van der Waals surface area contributed by atoms with Gasteiger partial charge in [-0.2, -0.15) is 0 Å². The summed E-state index contributed by atoms with van der Waals surface area (Å²) in [5.74, 6) is 0.426. The van der Waals surface area contributed by atoms with Gasteiger partial charge in [-0.1, -0.05) is 48.9 Å². The van der Waals surface area contributed by atoms with Gasteiger partial charge < -0.3 is 5.73 Å². The molecule has 0 saturated heterocycles. The molecule has 0 heterocycles. The lowest BCUT2D eigenvalue weighted by Gasteiger charge is -2.14. The Hall–Kier alpha value is -1.60. The summed E-state index contributed by atoms with van der Waals surface area (Å²) in [6.45, 7) is 9.46. The van der Waals surface area contributed by atoms with Crippen LogP contribution in [0.1, 0.15) is 46.2 Å². The molecule has 20 heavy (non-hydrogen) atoms. The van der Waals surface area contributed by atoms with Crippen molar-refractivity contribution in [1.82, 2.24) is 0 Å². The van der Waals surface area contributed by atoms with Crippen molar-refractivity contribution in [2.24, 2.45) is 5.73 Å². The molecular weight excluding hydrogens is 242 g/mol. The van der Waals surface area contributed by atoms with E-state index in [-0.39, 0.29) is 0 Å². The fourth-order valence-corrected chi connectivity index (χ4v) is 2.84. The second kappa shape index (κ2) is 6.23. The predicted molar refractivity (Wildman–Crippen MR) is 87.4 cm³/mol. The SMILES string of the molecule is Cc1cc(C)c(Cc2cccc(C(C)CN)c2)c(C)c1. The third kappa shape index (κ3) is 3.29. The Balaban J connectivity index is 2.31. The zero-order chi connectivity index (χ0) is 14.7. The van der Waals surface area contributed by atoms with Crippen LogP contribution in [0.3, 0.4) is 0 Å². The van der Waals surface area contributed by atoms with Crippen LogP contribution < -0.4 is 5.73 Å². The van der Waals surface area contributed by atoms with Crippen LogP contribution in [0.5, 0.6) is 0 Å². The van der Waals surface area contributed by atoms with Crippen LogP contribution in [0.4, 0.5) is 0 Å². The lowest BCUT2D eigenvalue weighted by atomic mass is 9.92. The van der Waals surface area contributed by atoms with Crippen molar-refractivity contribution in [3.05, 3.63) is 69.8 Å². The maximum Gasteiger partial charge on any atom is -0.00109 e. The van der Waals surface area contributed by atoms with Crippen LogP contribution in [0, 0.1) is 20.8 Å². The van der Waals surface area contributed by atoms with E-state index in [1.165, 1.54) is 33.4 Å². The first-order chi connectivity index (χ1) is 9.51. The Bertz CT molecular complexity index is 575. The van der Waals surface area contributed by atoms with Crippen LogP contribution in [0.25, 0.3) is 0 Å². The van der Waals surface area contributed by atoms with Gasteiger partial charge in [0.15, 0.2) is 0 Å². The van der Waals surface area contributed by atoms with E-state index >= 15 is 0 Å². The first-order valence-electron chi connectivity index (χ1n) is 7.37. The minimum absolute atomic E-state index is 0.426. The van der Waals surface area contributed by atoms with Crippen molar-refractivity contribution < 1.29 is 0 Å². The first-order valence-corrected chi connectivity index (χ1v) is 7.37. The van der Waals surface area contributed by atoms with E-state index in [0.717, 1.165) is 6.42 Å². The van der Waals surface area contributed by atoms with Crippen LogP contribution in [0.15, 0.2) is 36.4 Å². The van der Waals surface area contributed by atoms with Gasteiger partial charge in [-0.3, -0.25) is 0 Å². The van der Waals surface area contributed by atoms with E-state index in [1.807, 2.05) is 0 Å². The number of benzene rings is 2. The molecule has 0 saturated carbocycles. The van der Waals surface area contributed by atoms with Crippen molar-refractivity contribution in [3.8, 4) is 0 Å². The van der Waals surface area contributed by atoms with Gasteiger partial charge in [0.05, 0.1) is 0 Å². The molecular formula is C19H25N. The molecule has 0 amide bonds. The molecule has 0 aliphatic carbocycles. The molecule has 2 N–H and O–H groups in total. The third-order valence-corrected chi connectivity index (χ3v) is 4.09. The standard InChI is InChI=1S/C19H25N/c1-13-8-14(2)19(15(3)9-13)11-17-6-5-7-18(10-17)16(4)12-20/h5-10,16H,11-12,20H2,1-4H3. The van der Waals surface area contributed by atoms with E-state index in [4.69, 9.17) is 5.73 Å². The van der Waals surface area contributed by atoms with Gasteiger partial charge in [-0.05, 0) is 67.5 Å². The van der Waals surface area contributed by atoms with Gasteiger partial charge in [0.25, 0.3) is 0 Å². The molecule has 1 nitrogen and oxygen atoms in total. The molecule has 1 atom stereocenters. The highest BCUT2D eigenvalue weighted by molar-refractivity contribution is 5.41. The average Bonchev–Trinajstić information content (AvgIpc) is 2.42. The predicted octanol–water partition coefficient (Wildman–Crippen LogP) is 4.26. The Morgan fingerprint density at radius 1 is 1.00 bits per heavy atom. The van der Waals surface area contributed by atoms with Crippen molar-refractivity contribution in [2.45, 2.75) is 40.0 Å². The van der Waals surface area contributed by atoms with Crippen molar-refractivity contribution in [1.29, 1.82) is 0 Å². The summed E-state index contributed by atoms with van der Waals surface area (Å²) in [6, 6.07) is 13.4. The summed E-state index contributed by atoms with van der Waals surface area (Å²) in [7, 11) is 0. The molecule has 0 fully saturated rings. The quantitative estimate of drug-likeness (QED) is 0.880. The van der Waals surface area contributed by atoms with Crippen molar-refractivity contribution >= 4 is 0 Å². The number of hydrogen-bond acceptors (Lipinski definition) is 1. The molecule has 2 aromatic carbocycles. The number of hydrogen-bond donors (Lipinski definition) is 1. The van der Waals surface area contributed by atoms with Crippen LogP contribution in [-0.2, 0) is 6.42 Å². The number of rotatable bonds is 4. The van der Waals surface area contributed by atoms with E-state index in [9.17, 15) is 0 Å². The molecule has 0 aromatic heterocycles. The molecule has 0 aliphatic rings. The minimum Gasteiger partial charge on any atom is -0.330 e. The summed E-state index contributed by atoms with van der Waals surface area (Å²) in [5, 5.41) is 0. The fourth-order valence-electron chi connectivity index (χ4n) is 2.84. The Morgan fingerprint density at radius 3 is 2.25 bits per heavy atom. The normalized spacial score (nSPS) is 12.4. The molecule has 1 unspecified atom stereocenters. The second-order valence-electron chi connectivity index (χ2n) is 5.94. The molecule has 2 rings (SSSR count). The molecule has 0 radical (unpaired) electrons. The van der Waals surface area contributed by atoms with E-state index in [0.29, 0.717) is 12.5 Å². The van der Waals surface area contributed by atoms with Crippen LogP contribution >= 0.6 is 0 Å². The highest BCUT2D eigenvalue weighted by Crippen LogP contribution is 2.22. The second-order valence-corrected chi connectivity index (χ2v) is 5.94. The molecule has 2 aromatic rings. The Labute approximate surface area is 122 Å². The molecule has 0 spiro atoms. The Morgan fingerprint density at radius 2 is 1.65 bits per heavy atom. The molecule has 0 aliphatic heterocycles. The zero-order valence-electron chi connectivity index (χ0n) is 13.0. The highest BCUT2D eigenvalue weighted by Gasteiger charge is 2.07. The summed E-state index contributed by atoms with van der Waals surface area (Å²) in [5.41, 5.74) is 14.1. The van der Waals surface area contributed by atoms with Gasteiger partial charge >= 0.3 is 0 Å². The van der Waals surface area contributed by atoms with Crippen molar-refractivity contribution in [3.63, 3.8) is 0 Å². The maximum atomic E-state index is 5.77. The lowest BCUT2D eigenvalue weighted by Crippen LogP contribution is -2.09. The van der Waals surface area contributed by atoms with Gasteiger partial charge in [0.2, 0.25) is 0 Å². The first kappa shape index (κ1) is 14.8. The van der Waals surface area contributed by atoms with E-state index < -0.39 is 0 Å². The van der Waals surface area contributed by atoms with E-state index in [2.05, 4.69) is 64.1 Å². The van der Waals surface area contributed by atoms with Crippen molar-refractivity contribution in [2.75, 3.05) is 6.54 Å². The van der Waals surface area contributed by atoms with E-state index in [1.54, 1.807) is 0 Å². The van der Waals surface area contributed by atoms with Gasteiger partial charge in [-0.15, -0.1) is 0 Å². The fraction of sp³-hybridized carbons (Fsp3) is 0.368. The smallest absolute Gasteiger partial charge is 0.00109 e. The van der Waals surface area contributed by atoms with Crippen LogP contribution in [0.2, 0.25) is 0 Å². The third-order valence-electron chi connectivity index (χ3n) is 4.09. The summed E-state index contributed by atoms with van der Waals surface area (Å²) in [6.07, 6.45) is 1.00. The molecule has 0 bridgehead atoms. The summed E-state index contributed by atoms with van der Waals surface area (Å²) in [4.78, 5) is 0. The van der Waals surface area contributed by atoms with Gasteiger partial charge in [0, 0.05) is 0 Å². The Kier molecular flexibility index (Phi) is 4.61. The highest BCUT2D eigenvalue weighted by atomic mass is 14.5. The molecule has 106 valence electrons. The summed E-state index contributed by atoms with van der Waals surface area (Å²) >= 11 is 0. The topological polar surface area (TPSA) is 26.0 Å². The number of aryl methyl sites for hydroxylation is 3. The van der Waals surface area contributed by atoms with Crippen LogP contribution in [-0.4, -0.2) is 6.54 Å². The summed E-state index contributed by atoms with van der Waals surface area (Å²) < 4.78 is 0. The number of nitrogens with two attached hydrogens (primary N) is 1. The lowest BCUT2D eigenvalue weighted by molar-refractivity contribution is 0.772. The maximum absolute atomic E-state index is 5.77. The molecule has 1 heteroatoms. The zero-order valence-corrected chi connectivity index (χ0v) is 13.0. The largest absolute Gasteiger partial charge is 0.330 e. The minimum atomic E-state index is 0.426. The average molecular weight is 267 g/mol. The monoisotopic (exact) mass is 267 g/mol.